The summed E-state index contributed by atoms with van der Waals surface area (Å²) in [7, 11) is 0. The van der Waals surface area contributed by atoms with Crippen molar-refractivity contribution in [1.82, 2.24) is 0 Å². The van der Waals surface area contributed by atoms with Crippen LogP contribution in [0.1, 0.15) is 16.8 Å². The van der Waals surface area contributed by atoms with Gasteiger partial charge in [0, 0.05) is 22.3 Å². The van der Waals surface area contributed by atoms with Gasteiger partial charge >= 0.3 is 0 Å². The van der Waals surface area contributed by atoms with Gasteiger partial charge in [0.05, 0.1) is 12.3 Å². The van der Waals surface area contributed by atoms with Crippen molar-refractivity contribution in [3.05, 3.63) is 82.8 Å². The Morgan fingerprint density at radius 2 is 1.90 bits per heavy atom. The molecule has 0 fully saturated rings. The summed E-state index contributed by atoms with van der Waals surface area (Å²) in [5.74, 6) is 1.06. The van der Waals surface area contributed by atoms with Crippen molar-refractivity contribution in [2.45, 2.75) is 6.42 Å². The number of hydrogen-bond donors (Lipinski definition) is 1. The average Bonchev–Trinajstić information content (AvgIpc) is 2.78. The second kappa shape index (κ2) is 9.66. The first-order chi connectivity index (χ1) is 15.1. The van der Waals surface area contributed by atoms with Crippen LogP contribution in [0.15, 0.2) is 77.3 Å². The Morgan fingerprint density at radius 3 is 2.71 bits per heavy atom. The number of carbonyl (C=O) groups is 2. The van der Waals surface area contributed by atoms with E-state index in [1.807, 2.05) is 36.4 Å². The molecule has 1 N–H and O–H groups in total. The zero-order valence-corrected chi connectivity index (χ0v) is 18.3. The zero-order valence-electron chi connectivity index (χ0n) is 16.7. The van der Waals surface area contributed by atoms with Crippen LogP contribution in [0.25, 0.3) is 0 Å². The van der Waals surface area contributed by atoms with Gasteiger partial charge in [0.1, 0.15) is 11.5 Å². The summed E-state index contributed by atoms with van der Waals surface area (Å²) in [4.78, 5) is 26.7. The maximum atomic E-state index is 12.6. The minimum atomic E-state index is -0.230. The average molecular weight is 481 g/mol. The molecule has 31 heavy (non-hydrogen) atoms. The van der Waals surface area contributed by atoms with Gasteiger partial charge in [-0.1, -0.05) is 40.2 Å². The largest absolute Gasteiger partial charge is 0.494 e. The van der Waals surface area contributed by atoms with Crippen molar-refractivity contribution >= 4 is 39.1 Å². The predicted molar refractivity (Wildman–Crippen MR) is 123 cm³/mol. The van der Waals surface area contributed by atoms with Crippen molar-refractivity contribution in [3.63, 3.8) is 0 Å². The molecule has 0 atom stereocenters. The number of hydrogen-bond acceptors (Lipinski definition) is 4. The number of halogens is 1. The normalized spacial score (nSPS) is 12.7. The third-order valence-electron chi connectivity index (χ3n) is 4.78. The standard InChI is InChI=1S/C24H21BrN2O4/c25-18-7-4-6-17(14-18)24(29)26-19-10-11-22-21(15-19)27(23(28)16-31-22)12-5-13-30-20-8-2-1-3-9-20/h1-4,6-11,14-15H,5,12-13,16H2,(H,26,29). The van der Waals surface area contributed by atoms with Crippen LogP contribution in [0.5, 0.6) is 11.5 Å². The van der Waals surface area contributed by atoms with Gasteiger partial charge in [-0.15, -0.1) is 0 Å². The van der Waals surface area contributed by atoms with E-state index in [0.29, 0.717) is 42.3 Å². The van der Waals surface area contributed by atoms with Crippen molar-refractivity contribution in [3.8, 4) is 11.5 Å². The third-order valence-corrected chi connectivity index (χ3v) is 5.28. The zero-order chi connectivity index (χ0) is 21.6. The van der Waals surface area contributed by atoms with E-state index in [1.165, 1.54) is 0 Å². The van der Waals surface area contributed by atoms with Crippen LogP contribution >= 0.6 is 15.9 Å². The van der Waals surface area contributed by atoms with Crippen LogP contribution in [-0.2, 0) is 4.79 Å². The first-order valence-corrected chi connectivity index (χ1v) is 10.7. The monoisotopic (exact) mass is 480 g/mol. The first-order valence-electron chi connectivity index (χ1n) is 9.92. The van der Waals surface area contributed by atoms with Gasteiger partial charge < -0.3 is 19.7 Å². The van der Waals surface area contributed by atoms with Crippen molar-refractivity contribution < 1.29 is 19.1 Å². The quantitative estimate of drug-likeness (QED) is 0.488. The fourth-order valence-corrected chi connectivity index (χ4v) is 3.69. The van der Waals surface area contributed by atoms with E-state index >= 15 is 0 Å². The molecular formula is C24H21BrN2O4. The Morgan fingerprint density at radius 1 is 1.06 bits per heavy atom. The molecule has 0 bridgehead atoms. The van der Waals surface area contributed by atoms with Crippen molar-refractivity contribution in [1.29, 1.82) is 0 Å². The molecule has 6 nitrogen and oxygen atoms in total. The highest BCUT2D eigenvalue weighted by Crippen LogP contribution is 2.35. The van der Waals surface area contributed by atoms with Gasteiger partial charge in [0.2, 0.25) is 0 Å². The fraction of sp³-hybridized carbons (Fsp3) is 0.167. The van der Waals surface area contributed by atoms with Crippen LogP contribution < -0.4 is 19.7 Å². The molecule has 1 aliphatic heterocycles. The molecule has 0 unspecified atom stereocenters. The Balaban J connectivity index is 1.43. The van der Waals surface area contributed by atoms with Gasteiger partial charge in [-0.2, -0.15) is 0 Å². The molecule has 3 aromatic rings. The molecule has 1 aliphatic rings. The van der Waals surface area contributed by atoms with Gasteiger partial charge in [-0.3, -0.25) is 9.59 Å². The molecule has 1 heterocycles. The predicted octanol–water partition coefficient (Wildman–Crippen LogP) is 4.90. The van der Waals surface area contributed by atoms with Gasteiger partial charge in [-0.05, 0) is 55.0 Å². The van der Waals surface area contributed by atoms with E-state index < -0.39 is 0 Å². The second-order valence-electron chi connectivity index (χ2n) is 7.00. The molecule has 7 heteroatoms. The van der Waals surface area contributed by atoms with Gasteiger partial charge in [0.15, 0.2) is 6.61 Å². The number of anilines is 2. The molecule has 4 rings (SSSR count). The lowest BCUT2D eigenvalue weighted by atomic mass is 10.1. The second-order valence-corrected chi connectivity index (χ2v) is 7.91. The SMILES string of the molecule is O=C(Nc1ccc2c(c1)N(CCCOc1ccccc1)C(=O)CO2)c1cccc(Br)c1. The van der Waals surface area contributed by atoms with E-state index in [0.717, 1.165) is 10.2 Å². The highest BCUT2D eigenvalue weighted by molar-refractivity contribution is 9.10. The Labute approximate surface area is 188 Å². The number of fused-ring (bicyclic) bond motifs is 1. The van der Waals surface area contributed by atoms with E-state index in [2.05, 4.69) is 21.2 Å². The van der Waals surface area contributed by atoms with Crippen LogP contribution in [0.3, 0.4) is 0 Å². The molecular weight excluding hydrogens is 460 g/mol. The van der Waals surface area contributed by atoms with E-state index in [-0.39, 0.29) is 18.4 Å². The number of amides is 2. The van der Waals surface area contributed by atoms with Crippen LogP contribution in [-0.4, -0.2) is 31.6 Å². The number of nitrogens with one attached hydrogen (secondary N) is 1. The Bertz CT molecular complexity index is 1090. The Kier molecular flexibility index (Phi) is 6.52. The number of benzene rings is 3. The first kappa shape index (κ1) is 20.9. The molecule has 3 aromatic carbocycles. The summed E-state index contributed by atoms with van der Waals surface area (Å²) in [5.41, 5.74) is 1.77. The molecule has 0 saturated heterocycles. The lowest BCUT2D eigenvalue weighted by molar-refractivity contribution is -0.121. The number of ether oxygens (including phenoxy) is 2. The number of rotatable bonds is 7. The molecule has 2 amide bonds. The van der Waals surface area contributed by atoms with Crippen LogP contribution in [0.2, 0.25) is 0 Å². The molecule has 0 radical (unpaired) electrons. The fourth-order valence-electron chi connectivity index (χ4n) is 3.29. The highest BCUT2D eigenvalue weighted by atomic mass is 79.9. The van der Waals surface area contributed by atoms with E-state index in [4.69, 9.17) is 9.47 Å². The van der Waals surface area contributed by atoms with E-state index in [9.17, 15) is 9.59 Å². The summed E-state index contributed by atoms with van der Waals surface area (Å²) in [6.45, 7) is 0.977. The third kappa shape index (κ3) is 5.24. The van der Waals surface area contributed by atoms with Crippen LogP contribution in [0, 0.1) is 0 Å². The molecule has 0 aromatic heterocycles. The van der Waals surface area contributed by atoms with E-state index in [1.54, 1.807) is 41.3 Å². The Hall–Kier alpha value is -3.32. The minimum Gasteiger partial charge on any atom is -0.494 e. The molecule has 158 valence electrons. The van der Waals surface area contributed by atoms with Crippen molar-refractivity contribution in [2.24, 2.45) is 0 Å². The van der Waals surface area contributed by atoms with Gasteiger partial charge in [0.25, 0.3) is 11.8 Å². The van der Waals surface area contributed by atoms with Crippen molar-refractivity contribution in [2.75, 3.05) is 30.0 Å². The topological polar surface area (TPSA) is 67.9 Å². The summed E-state index contributed by atoms with van der Waals surface area (Å²) in [6, 6.07) is 22.0. The summed E-state index contributed by atoms with van der Waals surface area (Å²) < 4.78 is 12.1. The summed E-state index contributed by atoms with van der Waals surface area (Å²) in [5, 5.41) is 2.88. The minimum absolute atomic E-state index is 0.00368. The summed E-state index contributed by atoms with van der Waals surface area (Å²) >= 11 is 3.37. The number of carbonyl (C=O) groups excluding carboxylic acids is 2. The van der Waals surface area contributed by atoms with Gasteiger partial charge in [-0.25, -0.2) is 0 Å². The molecule has 0 saturated carbocycles. The number of para-hydroxylation sites is 1. The molecule has 0 spiro atoms. The smallest absolute Gasteiger partial charge is 0.265 e. The maximum absolute atomic E-state index is 12.6. The maximum Gasteiger partial charge on any atom is 0.265 e. The highest BCUT2D eigenvalue weighted by Gasteiger charge is 2.25. The lowest BCUT2D eigenvalue weighted by Crippen LogP contribution is -2.39. The number of nitrogens with zero attached hydrogens (tertiary/aromatic N) is 1. The molecule has 0 aliphatic carbocycles. The lowest BCUT2D eigenvalue weighted by Gasteiger charge is -2.30. The summed E-state index contributed by atoms with van der Waals surface area (Å²) in [6.07, 6.45) is 0.661. The van der Waals surface area contributed by atoms with Crippen LogP contribution in [0.4, 0.5) is 11.4 Å².